The number of hydrogen-bond acceptors (Lipinski definition) is 2. The summed E-state index contributed by atoms with van der Waals surface area (Å²) < 4.78 is 22.6. The van der Waals surface area contributed by atoms with Crippen molar-refractivity contribution in [3.8, 4) is 0 Å². The van der Waals surface area contributed by atoms with Crippen molar-refractivity contribution in [2.24, 2.45) is 0 Å². The highest BCUT2D eigenvalue weighted by atomic mass is 35.5. The first-order valence-electron chi connectivity index (χ1n) is 4.43. The Morgan fingerprint density at radius 2 is 1.77 bits per heavy atom. The fourth-order valence-corrected chi connectivity index (χ4v) is 1.83. The molecular weight excluding hydrogens is 208 g/mol. The van der Waals surface area contributed by atoms with Gasteiger partial charge in [0.1, 0.15) is 0 Å². The number of sulfone groups is 1. The molecule has 0 aliphatic heterocycles. The van der Waals surface area contributed by atoms with Gasteiger partial charge >= 0.3 is 0 Å². The molecule has 78 valence electrons. The molecule has 0 atom stereocenters. The highest BCUT2D eigenvalue weighted by Crippen LogP contribution is 2.03. The Balaban J connectivity index is 3.77. The van der Waals surface area contributed by atoms with Crippen LogP contribution in [0.25, 0.3) is 0 Å². The summed E-state index contributed by atoms with van der Waals surface area (Å²) in [5.41, 5.74) is 0. The monoisotopic (exact) mass is 224 g/mol. The summed E-state index contributed by atoms with van der Waals surface area (Å²) in [6.07, 6.45) is 5.20. The zero-order valence-electron chi connectivity index (χ0n) is 8.16. The Morgan fingerprint density at radius 1 is 1.23 bits per heavy atom. The van der Waals surface area contributed by atoms with E-state index in [1.165, 1.54) is 0 Å². The summed E-state index contributed by atoms with van der Waals surface area (Å²) in [6, 6.07) is 0. The number of rotatable bonds is 6. The Bertz CT molecular complexity index is 242. The standard InChI is InChI=1S/C9H17ClO2S/c1-9(2)13(11,12)8-6-4-3-5-7-10/h3-4,9H,5-8H2,1-2H3/b4-3+. The first kappa shape index (κ1) is 13.0. The van der Waals surface area contributed by atoms with Gasteiger partial charge in [-0.3, -0.25) is 0 Å². The van der Waals surface area contributed by atoms with Gasteiger partial charge in [0.25, 0.3) is 0 Å². The SMILES string of the molecule is CC(C)S(=O)(=O)CC/C=C/CCCl. The van der Waals surface area contributed by atoms with Crippen LogP contribution in [0.2, 0.25) is 0 Å². The summed E-state index contributed by atoms with van der Waals surface area (Å²) in [4.78, 5) is 0. The van der Waals surface area contributed by atoms with Gasteiger partial charge in [-0.2, -0.15) is 0 Å². The molecule has 0 heterocycles. The molecule has 0 fully saturated rings. The van der Waals surface area contributed by atoms with E-state index in [0.717, 1.165) is 6.42 Å². The van der Waals surface area contributed by atoms with Crippen molar-refractivity contribution in [2.75, 3.05) is 11.6 Å². The van der Waals surface area contributed by atoms with Gasteiger partial charge in [0.15, 0.2) is 9.84 Å². The van der Waals surface area contributed by atoms with Gasteiger partial charge in [0.2, 0.25) is 0 Å². The van der Waals surface area contributed by atoms with Gasteiger partial charge < -0.3 is 0 Å². The maximum absolute atomic E-state index is 11.3. The van der Waals surface area contributed by atoms with E-state index in [1.54, 1.807) is 13.8 Å². The van der Waals surface area contributed by atoms with Crippen molar-refractivity contribution in [3.05, 3.63) is 12.2 Å². The molecule has 0 aromatic heterocycles. The van der Waals surface area contributed by atoms with Gasteiger partial charge in [-0.15, -0.1) is 11.6 Å². The van der Waals surface area contributed by atoms with E-state index in [1.807, 2.05) is 12.2 Å². The molecule has 0 saturated heterocycles. The van der Waals surface area contributed by atoms with Crippen molar-refractivity contribution in [1.29, 1.82) is 0 Å². The fraction of sp³-hybridized carbons (Fsp3) is 0.778. The average molecular weight is 225 g/mol. The van der Waals surface area contributed by atoms with Gasteiger partial charge in [-0.25, -0.2) is 8.42 Å². The number of hydrogen-bond donors (Lipinski definition) is 0. The first-order valence-corrected chi connectivity index (χ1v) is 6.68. The molecular formula is C9H17ClO2S. The van der Waals surface area contributed by atoms with Crippen LogP contribution >= 0.6 is 11.6 Å². The van der Waals surface area contributed by atoms with Crippen LogP contribution in [0.1, 0.15) is 26.7 Å². The van der Waals surface area contributed by atoms with Crippen molar-refractivity contribution in [3.63, 3.8) is 0 Å². The second-order valence-corrected chi connectivity index (χ2v) is 6.21. The fourth-order valence-electron chi connectivity index (χ4n) is 0.767. The zero-order chi connectivity index (χ0) is 10.3. The van der Waals surface area contributed by atoms with E-state index in [9.17, 15) is 8.42 Å². The van der Waals surface area contributed by atoms with E-state index in [-0.39, 0.29) is 11.0 Å². The van der Waals surface area contributed by atoms with E-state index in [0.29, 0.717) is 12.3 Å². The number of halogens is 1. The maximum atomic E-state index is 11.3. The predicted molar refractivity (Wildman–Crippen MR) is 58.0 cm³/mol. The zero-order valence-corrected chi connectivity index (χ0v) is 9.74. The Labute approximate surface area is 85.9 Å². The van der Waals surface area contributed by atoms with Gasteiger partial charge in [0, 0.05) is 5.88 Å². The van der Waals surface area contributed by atoms with Gasteiger partial charge in [-0.05, 0) is 26.7 Å². The minimum Gasteiger partial charge on any atom is -0.229 e. The summed E-state index contributed by atoms with van der Waals surface area (Å²) in [7, 11) is -2.87. The maximum Gasteiger partial charge on any atom is 0.152 e. The molecule has 0 N–H and O–H groups in total. The molecule has 2 nitrogen and oxygen atoms in total. The summed E-state index contributed by atoms with van der Waals surface area (Å²) in [6.45, 7) is 3.41. The average Bonchev–Trinajstić information content (AvgIpc) is 2.03. The van der Waals surface area contributed by atoms with Crippen LogP contribution in [0.4, 0.5) is 0 Å². The molecule has 0 bridgehead atoms. The summed E-state index contributed by atoms with van der Waals surface area (Å²) in [5, 5.41) is -0.270. The Hall–Kier alpha value is -0.0200. The van der Waals surface area contributed by atoms with Crippen LogP contribution in [-0.2, 0) is 9.84 Å². The largest absolute Gasteiger partial charge is 0.229 e. The van der Waals surface area contributed by atoms with E-state index >= 15 is 0 Å². The molecule has 0 spiro atoms. The lowest BCUT2D eigenvalue weighted by Gasteiger charge is -2.04. The van der Waals surface area contributed by atoms with Crippen LogP contribution < -0.4 is 0 Å². The lowest BCUT2D eigenvalue weighted by molar-refractivity contribution is 0.587. The van der Waals surface area contributed by atoms with Crippen molar-refractivity contribution >= 4 is 21.4 Å². The third-order valence-corrected chi connectivity index (χ3v) is 4.19. The quantitative estimate of drug-likeness (QED) is 0.513. The molecule has 0 radical (unpaired) electrons. The van der Waals surface area contributed by atoms with Crippen molar-refractivity contribution in [2.45, 2.75) is 31.9 Å². The van der Waals surface area contributed by atoms with Crippen LogP contribution in [0, 0.1) is 0 Å². The smallest absolute Gasteiger partial charge is 0.152 e. The van der Waals surface area contributed by atoms with Crippen LogP contribution in [0.15, 0.2) is 12.2 Å². The third kappa shape index (κ3) is 6.11. The van der Waals surface area contributed by atoms with Crippen molar-refractivity contribution < 1.29 is 8.42 Å². The van der Waals surface area contributed by atoms with Gasteiger partial charge in [0.05, 0.1) is 11.0 Å². The highest BCUT2D eigenvalue weighted by Gasteiger charge is 2.13. The minimum absolute atomic E-state index is 0.240. The lowest BCUT2D eigenvalue weighted by Crippen LogP contribution is -2.17. The highest BCUT2D eigenvalue weighted by molar-refractivity contribution is 7.91. The molecule has 0 unspecified atom stereocenters. The second-order valence-electron chi connectivity index (χ2n) is 3.15. The molecule has 0 aliphatic carbocycles. The van der Waals surface area contributed by atoms with E-state index < -0.39 is 9.84 Å². The van der Waals surface area contributed by atoms with Crippen molar-refractivity contribution in [1.82, 2.24) is 0 Å². The molecule has 0 aliphatic rings. The number of alkyl halides is 1. The molecule has 0 aromatic rings. The molecule has 0 rings (SSSR count). The molecule has 0 aromatic carbocycles. The molecule has 0 amide bonds. The molecule has 4 heteroatoms. The van der Waals surface area contributed by atoms with Gasteiger partial charge in [-0.1, -0.05) is 12.2 Å². The van der Waals surface area contributed by atoms with E-state index in [4.69, 9.17) is 11.6 Å². The van der Waals surface area contributed by atoms with Crippen LogP contribution in [0.5, 0.6) is 0 Å². The Kier molecular flexibility index (Phi) is 6.43. The second kappa shape index (κ2) is 6.44. The first-order chi connectivity index (χ1) is 6.00. The van der Waals surface area contributed by atoms with Crippen LogP contribution in [0.3, 0.4) is 0 Å². The summed E-state index contributed by atoms with van der Waals surface area (Å²) >= 11 is 5.45. The molecule has 13 heavy (non-hydrogen) atoms. The third-order valence-electron chi connectivity index (χ3n) is 1.73. The lowest BCUT2D eigenvalue weighted by atomic mass is 10.3. The molecule has 0 saturated carbocycles. The van der Waals surface area contributed by atoms with E-state index in [2.05, 4.69) is 0 Å². The Morgan fingerprint density at radius 3 is 2.23 bits per heavy atom. The normalized spacial score (nSPS) is 12.9. The predicted octanol–water partition coefficient (Wildman–Crippen LogP) is 2.38. The van der Waals surface area contributed by atoms with Crippen LogP contribution in [-0.4, -0.2) is 25.3 Å². The topological polar surface area (TPSA) is 34.1 Å². The summed E-state index contributed by atoms with van der Waals surface area (Å²) in [5.74, 6) is 0.830. The minimum atomic E-state index is -2.87. The number of allylic oxidation sites excluding steroid dienone is 2.